The number of hydrogen-bond donors (Lipinski definition) is 3. The van der Waals surface area contributed by atoms with Gasteiger partial charge in [-0.15, -0.1) is 0 Å². The first-order chi connectivity index (χ1) is 21.8. The molecule has 1 saturated heterocycles. The summed E-state index contributed by atoms with van der Waals surface area (Å²) in [6.07, 6.45) is -4.55. The number of alkyl halides is 3. The van der Waals surface area contributed by atoms with Crippen LogP contribution in [-0.4, -0.2) is 57.1 Å². The molecule has 2 heterocycles. The minimum absolute atomic E-state index is 0.0350. The monoisotopic (exact) mass is 638 g/mol. The molecule has 0 bridgehead atoms. The van der Waals surface area contributed by atoms with Crippen LogP contribution in [0.15, 0.2) is 89.2 Å². The summed E-state index contributed by atoms with van der Waals surface area (Å²) in [6.45, 7) is 3.25. The maximum atomic E-state index is 13.4. The van der Waals surface area contributed by atoms with Crippen LogP contribution in [0, 0.1) is 17.1 Å². The van der Waals surface area contributed by atoms with E-state index in [0.29, 0.717) is 11.8 Å². The van der Waals surface area contributed by atoms with E-state index in [2.05, 4.69) is 25.6 Å². The molecule has 240 valence electrons. The van der Waals surface area contributed by atoms with Crippen molar-refractivity contribution in [2.24, 2.45) is 10.7 Å². The van der Waals surface area contributed by atoms with Gasteiger partial charge in [-0.05, 0) is 44.2 Å². The van der Waals surface area contributed by atoms with Crippen molar-refractivity contribution in [1.29, 1.82) is 5.26 Å². The van der Waals surface area contributed by atoms with E-state index in [4.69, 9.17) is 11.0 Å². The van der Waals surface area contributed by atoms with Crippen molar-refractivity contribution in [2.75, 3.05) is 6.54 Å². The van der Waals surface area contributed by atoms with Gasteiger partial charge < -0.3 is 16.4 Å². The Morgan fingerprint density at radius 2 is 1.76 bits per heavy atom. The number of aromatic nitrogens is 2. The number of likely N-dealkylation sites (N-methyl/N-ethyl adjacent to an activating group) is 1. The van der Waals surface area contributed by atoms with Gasteiger partial charge >= 0.3 is 6.18 Å². The highest BCUT2D eigenvalue weighted by molar-refractivity contribution is 6.14. The summed E-state index contributed by atoms with van der Waals surface area (Å²) in [4.78, 5) is 51.2. The smallest absolute Gasteiger partial charge is 0.401 e. The molecule has 3 aromatic rings. The van der Waals surface area contributed by atoms with E-state index < -0.39 is 47.5 Å². The highest BCUT2D eigenvalue weighted by atomic mass is 19.4. The van der Waals surface area contributed by atoms with Crippen molar-refractivity contribution in [2.45, 2.75) is 44.9 Å². The number of aliphatic imine (C=N–C) groups is 1. The zero-order valence-electron chi connectivity index (χ0n) is 24.8. The van der Waals surface area contributed by atoms with Gasteiger partial charge in [-0.3, -0.25) is 19.3 Å². The van der Waals surface area contributed by atoms with Crippen LogP contribution >= 0.6 is 0 Å². The first-order valence-electron chi connectivity index (χ1n) is 13.9. The molecule has 4 rings (SSSR count). The summed E-state index contributed by atoms with van der Waals surface area (Å²) in [5.74, 6) is -3.03. The number of rotatable bonds is 7. The van der Waals surface area contributed by atoms with Crippen LogP contribution in [-0.2, 0) is 15.8 Å². The van der Waals surface area contributed by atoms with Crippen LogP contribution in [0.1, 0.15) is 43.0 Å². The molecule has 4 N–H and O–H groups in total. The molecule has 1 aliphatic heterocycles. The molecule has 1 fully saturated rings. The second kappa shape index (κ2) is 15.9. The van der Waals surface area contributed by atoms with Crippen LogP contribution in [0.3, 0.4) is 0 Å². The second-order valence-corrected chi connectivity index (χ2v) is 9.74. The van der Waals surface area contributed by atoms with Crippen molar-refractivity contribution in [3.05, 3.63) is 102 Å². The Labute approximate surface area is 261 Å². The summed E-state index contributed by atoms with van der Waals surface area (Å²) < 4.78 is 51.1. The van der Waals surface area contributed by atoms with Crippen LogP contribution in [0.25, 0.3) is 0 Å². The van der Waals surface area contributed by atoms with E-state index >= 15 is 0 Å². The lowest BCUT2D eigenvalue weighted by molar-refractivity contribution is -0.141. The van der Waals surface area contributed by atoms with Crippen molar-refractivity contribution in [3.8, 4) is 6.07 Å². The summed E-state index contributed by atoms with van der Waals surface area (Å²) in [5.41, 5.74) is 5.79. The molecule has 0 aliphatic carbocycles. The summed E-state index contributed by atoms with van der Waals surface area (Å²) in [6, 6.07) is 17.0. The number of halogens is 4. The topological polar surface area (TPSA) is 166 Å². The van der Waals surface area contributed by atoms with Gasteiger partial charge in [-0.25, -0.2) is 19.4 Å². The predicted molar refractivity (Wildman–Crippen MR) is 159 cm³/mol. The van der Waals surface area contributed by atoms with Gasteiger partial charge in [0.15, 0.2) is 0 Å². The van der Waals surface area contributed by atoms with Crippen molar-refractivity contribution in [3.63, 3.8) is 0 Å². The van der Waals surface area contributed by atoms with E-state index in [9.17, 15) is 31.9 Å². The molecular weight excluding hydrogens is 608 g/mol. The third kappa shape index (κ3) is 9.68. The Balaban J connectivity index is 0.000000724. The Kier molecular flexibility index (Phi) is 12.0. The molecule has 2 aromatic carbocycles. The number of amidine groups is 1. The molecule has 0 saturated carbocycles. The molecule has 46 heavy (non-hydrogen) atoms. The Hall–Kier alpha value is -5.65. The molecule has 0 spiro atoms. The molecule has 1 aromatic heterocycles. The number of benzene rings is 2. The van der Waals surface area contributed by atoms with Gasteiger partial charge in [0.25, 0.3) is 11.8 Å². The van der Waals surface area contributed by atoms with E-state index in [1.54, 1.807) is 55.5 Å². The lowest BCUT2D eigenvalue weighted by Gasteiger charge is -2.35. The molecule has 15 heteroatoms. The molecule has 3 amide bonds. The number of nitriles is 1. The molecule has 2 atom stereocenters. The van der Waals surface area contributed by atoms with E-state index in [0.717, 1.165) is 6.20 Å². The van der Waals surface area contributed by atoms with Gasteiger partial charge in [0.2, 0.25) is 11.7 Å². The predicted octanol–water partition coefficient (Wildman–Crippen LogP) is 4.03. The molecule has 1 unspecified atom stereocenters. The van der Waals surface area contributed by atoms with Crippen LogP contribution in [0.5, 0.6) is 0 Å². The van der Waals surface area contributed by atoms with Gasteiger partial charge in [0.05, 0.1) is 18.2 Å². The molecular formula is C31H30F4N8O3. The summed E-state index contributed by atoms with van der Waals surface area (Å²) in [7, 11) is 0. The number of nitrogens with zero attached hydrogens (tertiary/aromatic N) is 5. The number of nitrogens with two attached hydrogens (primary N) is 1. The third-order valence-corrected chi connectivity index (χ3v) is 6.30. The average molecular weight is 639 g/mol. The fourth-order valence-electron chi connectivity index (χ4n) is 4.15. The van der Waals surface area contributed by atoms with Gasteiger partial charge in [-0.1, -0.05) is 36.4 Å². The third-order valence-electron chi connectivity index (χ3n) is 6.30. The van der Waals surface area contributed by atoms with Gasteiger partial charge in [0.1, 0.15) is 29.4 Å². The number of hydrogen-bond acceptors (Lipinski definition) is 8. The van der Waals surface area contributed by atoms with Gasteiger partial charge in [0, 0.05) is 30.4 Å². The van der Waals surface area contributed by atoms with E-state index in [1.807, 2.05) is 6.07 Å². The second-order valence-electron chi connectivity index (χ2n) is 9.74. The van der Waals surface area contributed by atoms with E-state index in [-0.39, 0.29) is 42.3 Å². The maximum Gasteiger partial charge on any atom is 0.433 e. The number of likely N-dealkylation sites (tertiary alicyclic amines) is 1. The lowest BCUT2D eigenvalue weighted by Crippen LogP contribution is -2.56. The van der Waals surface area contributed by atoms with E-state index in [1.165, 1.54) is 24.0 Å². The van der Waals surface area contributed by atoms with Crippen molar-refractivity contribution < 1.29 is 31.9 Å². The number of para-hydroxylation sites is 1. The quantitative estimate of drug-likeness (QED) is 0.329. The van der Waals surface area contributed by atoms with Crippen molar-refractivity contribution >= 4 is 29.2 Å². The zero-order chi connectivity index (χ0) is 33.9. The average Bonchev–Trinajstić information content (AvgIpc) is 3.03. The highest BCUT2D eigenvalue weighted by Crippen LogP contribution is 2.28. The number of amides is 3. The number of piperidine rings is 1. The summed E-state index contributed by atoms with van der Waals surface area (Å²) in [5, 5.41) is 13.8. The van der Waals surface area contributed by atoms with Gasteiger partial charge in [-0.2, -0.15) is 18.4 Å². The highest BCUT2D eigenvalue weighted by Gasteiger charge is 2.39. The fraction of sp³-hybridized carbons (Fsp3) is 0.258. The number of nitrogens with one attached hydrogen (secondary N) is 2. The zero-order valence-corrected chi connectivity index (χ0v) is 24.8. The SMILES string of the molecule is CCN1C(=O)C(NC(=O)c2nccc(C(F)(F)F)n2)C/C(=C(/N)CC(=O)N[C@@H](C)C#N)C1=Nc1ccccc1.Fc1ccccc1. The number of carbonyl (C=O) groups is 3. The Morgan fingerprint density at radius 1 is 1.13 bits per heavy atom. The fourth-order valence-corrected chi connectivity index (χ4v) is 4.15. The minimum Gasteiger partial charge on any atom is -0.401 e. The number of carbonyl (C=O) groups excluding carboxylic acids is 3. The first-order valence-corrected chi connectivity index (χ1v) is 13.9. The van der Waals surface area contributed by atoms with Crippen LogP contribution < -0.4 is 16.4 Å². The van der Waals surface area contributed by atoms with Crippen molar-refractivity contribution in [1.82, 2.24) is 25.5 Å². The minimum atomic E-state index is -4.80. The summed E-state index contributed by atoms with van der Waals surface area (Å²) >= 11 is 0. The van der Waals surface area contributed by atoms with Crippen LogP contribution in [0.2, 0.25) is 0 Å². The molecule has 11 nitrogen and oxygen atoms in total. The largest absolute Gasteiger partial charge is 0.433 e. The normalized spacial score (nSPS) is 17.2. The Bertz CT molecular complexity index is 1640. The molecule has 0 radical (unpaired) electrons. The van der Waals surface area contributed by atoms with Crippen LogP contribution in [0.4, 0.5) is 23.2 Å². The molecule has 1 aliphatic rings. The maximum absolute atomic E-state index is 13.4. The lowest BCUT2D eigenvalue weighted by atomic mass is 9.94. The standard InChI is InChI=1S/C25H25F3N8O3.C6H5F/c1-3-36-22(33-15-7-5-4-6-8-15)16(17(30)12-20(37)32-14(2)13-29)11-18(24(36)39)34-23(38)21-31-10-9-19(35-21)25(26,27)28;7-6-4-2-1-3-5-6/h4-10,14,18H,3,11-12,30H2,1-2H3,(H,32,37)(H,34,38);1-5H/b17-16-,33-22?;/t14-,18?;/m0./s1. The first kappa shape index (κ1) is 34.8. The Morgan fingerprint density at radius 3 is 2.30 bits per heavy atom.